The third-order valence-corrected chi connectivity index (χ3v) is 4.48. The first-order chi connectivity index (χ1) is 9.42. The fraction of sp³-hybridized carbons (Fsp3) is 0. The van der Waals surface area contributed by atoms with Crippen LogP contribution >= 0.6 is 15.9 Å². The number of nitrogens with one attached hydrogen (secondary N) is 1. The summed E-state index contributed by atoms with van der Waals surface area (Å²) in [5, 5.41) is 9.00. The minimum absolute atomic E-state index is 0.00890. The summed E-state index contributed by atoms with van der Waals surface area (Å²) in [6.45, 7) is 0. The standard InChI is InChI=1S/C13H10BrN3O2S/c14-10-1-4-12(5-2-10)17-20(18,19)13-6-3-11(16)7-9(13)8-15/h1-7,17H,16H2. The number of nitrogens with zero attached hydrogens (tertiary/aromatic N) is 1. The lowest BCUT2D eigenvalue weighted by atomic mass is 10.2. The maximum atomic E-state index is 12.3. The van der Waals surface area contributed by atoms with Crippen LogP contribution in [0.4, 0.5) is 11.4 Å². The van der Waals surface area contributed by atoms with E-state index in [0.717, 1.165) is 4.47 Å². The number of nitrogen functional groups attached to an aromatic ring is 1. The lowest BCUT2D eigenvalue weighted by molar-refractivity contribution is 0.601. The molecule has 0 aliphatic heterocycles. The fourth-order valence-electron chi connectivity index (χ4n) is 1.60. The fourth-order valence-corrected chi connectivity index (χ4v) is 3.06. The number of anilines is 2. The molecule has 0 radical (unpaired) electrons. The summed E-state index contributed by atoms with van der Waals surface area (Å²) in [5.74, 6) is 0. The van der Waals surface area contributed by atoms with Crippen molar-refractivity contribution in [2.45, 2.75) is 4.90 Å². The molecule has 0 saturated heterocycles. The van der Waals surface area contributed by atoms with E-state index in [1.165, 1.54) is 18.2 Å². The van der Waals surface area contributed by atoms with Crippen molar-refractivity contribution in [3.05, 3.63) is 52.5 Å². The second-order valence-electron chi connectivity index (χ2n) is 3.98. The van der Waals surface area contributed by atoms with Crippen LogP contribution in [-0.4, -0.2) is 8.42 Å². The highest BCUT2D eigenvalue weighted by Gasteiger charge is 2.18. The van der Waals surface area contributed by atoms with Gasteiger partial charge in [0.2, 0.25) is 0 Å². The molecule has 20 heavy (non-hydrogen) atoms. The molecule has 0 bridgehead atoms. The SMILES string of the molecule is N#Cc1cc(N)ccc1S(=O)(=O)Nc1ccc(Br)cc1. The summed E-state index contributed by atoms with van der Waals surface area (Å²) in [4.78, 5) is -0.0999. The normalized spacial score (nSPS) is 10.8. The molecule has 0 atom stereocenters. The van der Waals surface area contributed by atoms with Crippen molar-refractivity contribution >= 4 is 37.3 Å². The van der Waals surface area contributed by atoms with Gasteiger partial charge in [-0.1, -0.05) is 15.9 Å². The van der Waals surface area contributed by atoms with Gasteiger partial charge in [-0.2, -0.15) is 5.26 Å². The monoisotopic (exact) mass is 351 g/mol. The van der Waals surface area contributed by atoms with Crippen molar-refractivity contribution in [2.24, 2.45) is 0 Å². The molecule has 0 amide bonds. The Bertz CT molecular complexity index is 780. The molecule has 0 aromatic heterocycles. The molecule has 0 aliphatic carbocycles. The van der Waals surface area contributed by atoms with E-state index >= 15 is 0 Å². The maximum absolute atomic E-state index is 12.3. The number of hydrogen-bond acceptors (Lipinski definition) is 4. The van der Waals surface area contributed by atoms with Gasteiger partial charge in [-0.05, 0) is 42.5 Å². The van der Waals surface area contributed by atoms with Crippen molar-refractivity contribution in [2.75, 3.05) is 10.5 Å². The molecule has 0 unspecified atom stereocenters. The van der Waals surface area contributed by atoms with Crippen molar-refractivity contribution < 1.29 is 8.42 Å². The molecule has 0 aliphatic rings. The maximum Gasteiger partial charge on any atom is 0.263 e. The number of hydrogen-bond donors (Lipinski definition) is 2. The van der Waals surface area contributed by atoms with E-state index in [9.17, 15) is 8.42 Å². The van der Waals surface area contributed by atoms with Gasteiger partial charge in [0.25, 0.3) is 10.0 Å². The van der Waals surface area contributed by atoms with E-state index in [-0.39, 0.29) is 10.5 Å². The summed E-state index contributed by atoms with van der Waals surface area (Å²) < 4.78 is 27.8. The zero-order valence-corrected chi connectivity index (χ0v) is 12.6. The third kappa shape index (κ3) is 3.10. The minimum Gasteiger partial charge on any atom is -0.399 e. The molecular formula is C13H10BrN3O2S. The lowest BCUT2D eigenvalue weighted by Gasteiger charge is -2.09. The molecule has 0 fully saturated rings. The molecule has 2 aromatic rings. The first-order valence-corrected chi connectivity index (χ1v) is 7.78. The van der Waals surface area contributed by atoms with Crippen LogP contribution in [0.1, 0.15) is 5.56 Å². The quantitative estimate of drug-likeness (QED) is 0.830. The second kappa shape index (κ2) is 5.53. The van der Waals surface area contributed by atoms with Crippen LogP contribution in [0.15, 0.2) is 51.8 Å². The highest BCUT2D eigenvalue weighted by Crippen LogP contribution is 2.22. The molecule has 2 aromatic carbocycles. The summed E-state index contributed by atoms with van der Waals surface area (Å²) in [6, 6.07) is 12.6. The molecule has 102 valence electrons. The number of rotatable bonds is 3. The Morgan fingerprint density at radius 1 is 1.15 bits per heavy atom. The first kappa shape index (κ1) is 14.4. The highest BCUT2D eigenvalue weighted by atomic mass is 79.9. The highest BCUT2D eigenvalue weighted by molar-refractivity contribution is 9.10. The summed E-state index contributed by atoms with van der Waals surface area (Å²) >= 11 is 3.27. The number of halogens is 1. The lowest BCUT2D eigenvalue weighted by Crippen LogP contribution is -2.14. The largest absolute Gasteiger partial charge is 0.399 e. The number of nitrogens with two attached hydrogens (primary N) is 1. The van der Waals surface area contributed by atoms with Crippen LogP contribution in [0.25, 0.3) is 0 Å². The third-order valence-electron chi connectivity index (χ3n) is 2.51. The Morgan fingerprint density at radius 3 is 2.40 bits per heavy atom. The zero-order chi connectivity index (χ0) is 14.8. The van der Waals surface area contributed by atoms with Crippen molar-refractivity contribution in [1.82, 2.24) is 0 Å². The van der Waals surface area contributed by atoms with Crippen LogP contribution in [0, 0.1) is 11.3 Å². The predicted octanol–water partition coefficient (Wildman–Crippen LogP) is 2.70. The van der Waals surface area contributed by atoms with Crippen LogP contribution in [0.3, 0.4) is 0 Å². The van der Waals surface area contributed by atoms with Crippen LogP contribution in [-0.2, 0) is 10.0 Å². The smallest absolute Gasteiger partial charge is 0.263 e. The summed E-state index contributed by atoms with van der Waals surface area (Å²) in [7, 11) is -3.83. The number of sulfonamides is 1. The topological polar surface area (TPSA) is 96.0 Å². The van der Waals surface area contributed by atoms with E-state index in [4.69, 9.17) is 11.0 Å². The van der Waals surface area contributed by atoms with E-state index in [1.54, 1.807) is 24.3 Å². The predicted molar refractivity (Wildman–Crippen MR) is 80.5 cm³/mol. The first-order valence-electron chi connectivity index (χ1n) is 5.50. The molecule has 2 rings (SSSR count). The van der Waals surface area contributed by atoms with Gasteiger partial charge in [0.15, 0.2) is 0 Å². The molecule has 7 heteroatoms. The Morgan fingerprint density at radius 2 is 1.80 bits per heavy atom. The Labute approximate surface area is 125 Å². The number of benzene rings is 2. The van der Waals surface area contributed by atoms with Gasteiger partial charge < -0.3 is 5.73 Å². The van der Waals surface area contributed by atoms with Gasteiger partial charge in [-0.15, -0.1) is 0 Å². The number of nitriles is 1. The Hall–Kier alpha value is -2.04. The summed E-state index contributed by atoms with van der Waals surface area (Å²) in [5.41, 5.74) is 6.30. The average molecular weight is 352 g/mol. The van der Waals surface area contributed by atoms with Crippen molar-refractivity contribution in [3.63, 3.8) is 0 Å². The van der Waals surface area contributed by atoms with Gasteiger partial charge in [-0.3, -0.25) is 4.72 Å². The van der Waals surface area contributed by atoms with Gasteiger partial charge in [0, 0.05) is 15.8 Å². The molecule has 3 N–H and O–H groups in total. The second-order valence-corrected chi connectivity index (χ2v) is 6.55. The Kier molecular flexibility index (Phi) is 3.97. The Balaban J connectivity index is 2.41. The molecule has 0 saturated carbocycles. The van der Waals surface area contributed by atoms with Gasteiger partial charge in [0.1, 0.15) is 11.0 Å². The van der Waals surface area contributed by atoms with Crippen molar-refractivity contribution in [3.8, 4) is 6.07 Å². The summed E-state index contributed by atoms with van der Waals surface area (Å²) in [6.07, 6.45) is 0. The van der Waals surface area contributed by atoms with E-state index in [2.05, 4.69) is 20.7 Å². The van der Waals surface area contributed by atoms with Gasteiger partial charge in [-0.25, -0.2) is 8.42 Å². The van der Waals surface area contributed by atoms with Crippen LogP contribution in [0.5, 0.6) is 0 Å². The van der Waals surface area contributed by atoms with Gasteiger partial charge >= 0.3 is 0 Å². The molecular weight excluding hydrogens is 342 g/mol. The molecule has 0 spiro atoms. The van der Waals surface area contributed by atoms with E-state index in [0.29, 0.717) is 11.4 Å². The molecule has 5 nitrogen and oxygen atoms in total. The van der Waals surface area contributed by atoms with Crippen molar-refractivity contribution in [1.29, 1.82) is 5.26 Å². The zero-order valence-electron chi connectivity index (χ0n) is 10.2. The van der Waals surface area contributed by atoms with E-state index < -0.39 is 10.0 Å². The minimum atomic E-state index is -3.83. The van der Waals surface area contributed by atoms with E-state index in [1.807, 2.05) is 6.07 Å². The average Bonchev–Trinajstić information content (AvgIpc) is 2.40. The van der Waals surface area contributed by atoms with Gasteiger partial charge in [0.05, 0.1) is 5.56 Å². The van der Waals surface area contributed by atoms with Crippen LogP contribution in [0.2, 0.25) is 0 Å². The van der Waals surface area contributed by atoms with Crippen LogP contribution < -0.4 is 10.5 Å². The molecule has 0 heterocycles.